The van der Waals surface area contributed by atoms with Crippen LogP contribution in [-0.4, -0.2) is 50.8 Å². The van der Waals surface area contributed by atoms with Crippen LogP contribution in [0.25, 0.3) is 11.7 Å². The predicted molar refractivity (Wildman–Crippen MR) is 130 cm³/mol. The largest absolute Gasteiger partial charge is 0.382 e. The highest BCUT2D eigenvalue weighted by molar-refractivity contribution is 8.26. The topological polar surface area (TPSA) is 75.9 Å². The minimum absolute atomic E-state index is 0.157. The maximum Gasteiger partial charge on any atom is 0.267 e. The molecule has 3 rings (SSSR count). The third-order valence-electron chi connectivity index (χ3n) is 4.81. The van der Waals surface area contributed by atoms with Gasteiger partial charge in [0.2, 0.25) is 0 Å². The second kappa shape index (κ2) is 10.9. The highest BCUT2D eigenvalue weighted by atomic mass is 32.2. The summed E-state index contributed by atoms with van der Waals surface area (Å²) in [6.07, 6.45) is 4.94. The molecule has 1 N–H and O–H groups in total. The summed E-state index contributed by atoms with van der Waals surface area (Å²) in [6, 6.07) is 5.39. The SMILES string of the molecule is CCOCCCNc1nc2ccccn2c(=O)c1C=C1SC(=S)N(CCC(C)C)C1=O. The number of rotatable bonds is 10. The first kappa shape index (κ1) is 23.4. The first-order valence-corrected chi connectivity index (χ1v) is 11.7. The van der Waals surface area contributed by atoms with Gasteiger partial charge in [0.05, 0.1) is 10.5 Å². The molecule has 9 heteroatoms. The maximum atomic E-state index is 13.2. The van der Waals surface area contributed by atoms with Crippen molar-refractivity contribution in [3.63, 3.8) is 0 Å². The van der Waals surface area contributed by atoms with Crippen LogP contribution in [0.1, 0.15) is 39.2 Å². The van der Waals surface area contributed by atoms with E-state index in [2.05, 4.69) is 24.1 Å². The van der Waals surface area contributed by atoms with E-state index in [1.165, 1.54) is 16.2 Å². The van der Waals surface area contributed by atoms with Crippen LogP contribution < -0.4 is 10.9 Å². The normalized spacial score (nSPS) is 15.6. The number of ether oxygens (including phenoxy) is 1. The van der Waals surface area contributed by atoms with Gasteiger partial charge in [-0.3, -0.25) is 18.9 Å². The lowest BCUT2D eigenvalue weighted by atomic mass is 10.1. The predicted octanol–water partition coefficient (Wildman–Crippen LogP) is 3.78. The average Bonchev–Trinajstić information content (AvgIpc) is 3.01. The molecule has 7 nitrogen and oxygen atoms in total. The lowest BCUT2D eigenvalue weighted by molar-refractivity contribution is -0.122. The van der Waals surface area contributed by atoms with Gasteiger partial charge in [-0.1, -0.05) is 43.9 Å². The van der Waals surface area contributed by atoms with Gasteiger partial charge in [-0.25, -0.2) is 4.98 Å². The number of carbonyl (C=O) groups excluding carboxylic acids is 1. The van der Waals surface area contributed by atoms with Crippen molar-refractivity contribution in [3.05, 3.63) is 45.2 Å². The van der Waals surface area contributed by atoms with Crippen molar-refractivity contribution in [3.8, 4) is 0 Å². The van der Waals surface area contributed by atoms with Crippen LogP contribution in [0.15, 0.2) is 34.1 Å². The Labute approximate surface area is 191 Å². The number of hydrogen-bond donors (Lipinski definition) is 1. The number of amides is 1. The summed E-state index contributed by atoms with van der Waals surface area (Å²) in [5.74, 6) is 0.770. The first-order chi connectivity index (χ1) is 14.9. The van der Waals surface area contributed by atoms with Crippen LogP contribution in [0.5, 0.6) is 0 Å². The molecular formula is C22H28N4O3S2. The Morgan fingerprint density at radius 1 is 1.32 bits per heavy atom. The third kappa shape index (κ3) is 5.72. The molecule has 1 saturated heterocycles. The number of pyridine rings is 1. The highest BCUT2D eigenvalue weighted by Gasteiger charge is 2.32. The van der Waals surface area contributed by atoms with Gasteiger partial charge in [-0.15, -0.1) is 0 Å². The summed E-state index contributed by atoms with van der Waals surface area (Å²) >= 11 is 6.65. The fourth-order valence-electron chi connectivity index (χ4n) is 3.10. The maximum absolute atomic E-state index is 13.2. The van der Waals surface area contributed by atoms with Gasteiger partial charge in [0.1, 0.15) is 15.8 Å². The zero-order valence-corrected chi connectivity index (χ0v) is 19.7. The zero-order chi connectivity index (χ0) is 22.4. The number of hydrogen-bond acceptors (Lipinski definition) is 7. The van der Waals surface area contributed by atoms with Crippen molar-refractivity contribution in [2.24, 2.45) is 5.92 Å². The molecule has 0 unspecified atom stereocenters. The van der Waals surface area contributed by atoms with E-state index in [4.69, 9.17) is 17.0 Å². The molecule has 0 aliphatic carbocycles. The van der Waals surface area contributed by atoms with Crippen molar-refractivity contribution in [2.45, 2.75) is 33.6 Å². The first-order valence-electron chi connectivity index (χ1n) is 10.5. The van der Waals surface area contributed by atoms with Crippen molar-refractivity contribution in [1.29, 1.82) is 0 Å². The lowest BCUT2D eigenvalue weighted by Crippen LogP contribution is -2.29. The Bertz CT molecular complexity index is 1050. The number of thioether (sulfide) groups is 1. The van der Waals surface area contributed by atoms with E-state index in [-0.39, 0.29) is 11.5 Å². The van der Waals surface area contributed by atoms with Gasteiger partial charge in [-0.2, -0.15) is 0 Å². The molecule has 0 atom stereocenters. The van der Waals surface area contributed by atoms with Crippen LogP contribution in [0.2, 0.25) is 0 Å². The van der Waals surface area contributed by atoms with Crippen LogP contribution in [0.4, 0.5) is 5.82 Å². The summed E-state index contributed by atoms with van der Waals surface area (Å²) in [5, 5.41) is 3.24. The lowest BCUT2D eigenvalue weighted by Gasteiger charge is -2.15. The van der Waals surface area contributed by atoms with E-state index >= 15 is 0 Å². The summed E-state index contributed by atoms with van der Waals surface area (Å²) < 4.78 is 7.38. The van der Waals surface area contributed by atoms with E-state index in [1.54, 1.807) is 29.3 Å². The summed E-state index contributed by atoms with van der Waals surface area (Å²) in [5.41, 5.74) is 0.663. The molecule has 2 aromatic heterocycles. The van der Waals surface area contributed by atoms with Crippen molar-refractivity contribution >= 4 is 51.7 Å². The number of aromatic nitrogens is 2. The molecule has 1 fully saturated rings. The van der Waals surface area contributed by atoms with E-state index < -0.39 is 0 Å². The molecule has 1 aliphatic rings. The average molecular weight is 461 g/mol. The number of fused-ring (bicyclic) bond motifs is 1. The fourth-order valence-corrected chi connectivity index (χ4v) is 4.39. The van der Waals surface area contributed by atoms with Gasteiger partial charge >= 0.3 is 0 Å². The molecule has 0 spiro atoms. The molecule has 3 heterocycles. The van der Waals surface area contributed by atoms with E-state index in [0.717, 1.165) is 12.8 Å². The number of thiocarbonyl (C=S) groups is 1. The second-order valence-corrected chi connectivity index (χ2v) is 9.28. The molecule has 2 aromatic rings. The van der Waals surface area contributed by atoms with Crippen LogP contribution in [0, 0.1) is 5.92 Å². The Balaban J connectivity index is 1.93. The summed E-state index contributed by atoms with van der Waals surface area (Å²) in [7, 11) is 0. The molecule has 1 amide bonds. The standard InChI is InChI=1S/C22H28N4O3S2/c1-4-29-13-7-10-23-19-16(20(27)25-11-6-5-8-18(25)24-19)14-17-21(28)26(22(30)31-17)12-9-15(2)3/h5-6,8,11,14-15,23H,4,7,9-10,12-13H2,1-3H3. The second-order valence-electron chi connectivity index (χ2n) is 7.60. The minimum Gasteiger partial charge on any atom is -0.382 e. The molecular weight excluding hydrogens is 432 g/mol. The third-order valence-corrected chi connectivity index (χ3v) is 6.19. The number of carbonyl (C=O) groups is 1. The van der Waals surface area contributed by atoms with Gasteiger partial charge in [0.25, 0.3) is 11.5 Å². The molecule has 0 radical (unpaired) electrons. The smallest absolute Gasteiger partial charge is 0.267 e. The Kier molecular flexibility index (Phi) is 8.22. The van der Waals surface area contributed by atoms with Crippen molar-refractivity contribution in [1.82, 2.24) is 14.3 Å². The number of anilines is 1. The molecule has 166 valence electrons. The fraction of sp³-hybridized carbons (Fsp3) is 0.455. The van der Waals surface area contributed by atoms with Gasteiger partial charge < -0.3 is 10.1 Å². The Morgan fingerprint density at radius 3 is 2.87 bits per heavy atom. The molecule has 0 saturated carbocycles. The Hall–Kier alpha value is -2.23. The van der Waals surface area contributed by atoms with Gasteiger partial charge in [-0.05, 0) is 43.9 Å². The molecule has 31 heavy (non-hydrogen) atoms. The molecule has 1 aliphatic heterocycles. The monoisotopic (exact) mass is 460 g/mol. The van der Waals surface area contributed by atoms with E-state index in [9.17, 15) is 9.59 Å². The Morgan fingerprint density at radius 2 is 2.13 bits per heavy atom. The molecule has 0 bridgehead atoms. The van der Waals surface area contributed by atoms with Crippen LogP contribution >= 0.6 is 24.0 Å². The van der Waals surface area contributed by atoms with Crippen molar-refractivity contribution < 1.29 is 9.53 Å². The van der Waals surface area contributed by atoms with Crippen LogP contribution in [-0.2, 0) is 9.53 Å². The summed E-state index contributed by atoms with van der Waals surface area (Å²) in [4.78, 5) is 32.8. The number of nitrogens with zero attached hydrogens (tertiary/aromatic N) is 3. The van der Waals surface area contributed by atoms with E-state index in [1.807, 2.05) is 13.0 Å². The molecule has 0 aromatic carbocycles. The summed E-state index contributed by atoms with van der Waals surface area (Å²) in [6.45, 7) is 8.65. The van der Waals surface area contributed by atoms with Gasteiger partial charge in [0, 0.05) is 32.5 Å². The zero-order valence-electron chi connectivity index (χ0n) is 18.1. The quantitative estimate of drug-likeness (QED) is 0.328. The van der Waals surface area contributed by atoms with Gasteiger partial charge in [0.15, 0.2) is 0 Å². The number of nitrogens with one attached hydrogen (secondary N) is 1. The van der Waals surface area contributed by atoms with E-state index in [0.29, 0.717) is 58.5 Å². The minimum atomic E-state index is -0.231. The van der Waals surface area contributed by atoms with Crippen LogP contribution in [0.3, 0.4) is 0 Å². The van der Waals surface area contributed by atoms with Crippen molar-refractivity contribution in [2.75, 3.05) is 31.6 Å². The highest BCUT2D eigenvalue weighted by Crippen LogP contribution is 2.33.